The molecule has 1 fully saturated rings. The number of amides is 2. The van der Waals surface area contributed by atoms with Crippen LogP contribution in [0.1, 0.15) is 66.6 Å². The van der Waals surface area contributed by atoms with Crippen LogP contribution in [0.25, 0.3) is 0 Å². The van der Waals surface area contributed by atoms with E-state index in [2.05, 4.69) is 37.4 Å². The highest BCUT2D eigenvalue weighted by Crippen LogP contribution is 2.39. The first-order chi connectivity index (χ1) is 15.6. The van der Waals surface area contributed by atoms with Crippen molar-refractivity contribution in [3.8, 4) is 0 Å². The van der Waals surface area contributed by atoms with Crippen molar-refractivity contribution in [3.63, 3.8) is 0 Å². The maximum atomic E-state index is 13.7. The first-order valence-corrected chi connectivity index (χ1v) is 12.8. The standard InChI is InChI=1S/C26H34N2O3S/c1-3-4-11-24(29)27(17-20-9-7-15-31-20)18-25(30)28-14-12-23-22(13-16-32-23)26(28)21-10-6-5-8-19(21)2/h5-6,8,10,13,16,20,26H,3-4,7,9,11-12,14-15,17-18H2,1-2H3. The molecule has 0 bridgehead atoms. The quantitative estimate of drug-likeness (QED) is 0.579. The number of fused-ring (bicyclic) bond motifs is 1. The van der Waals surface area contributed by atoms with Gasteiger partial charge in [0.15, 0.2) is 0 Å². The third kappa shape index (κ3) is 5.07. The lowest BCUT2D eigenvalue weighted by molar-refractivity contribution is -0.143. The molecule has 5 nitrogen and oxygen atoms in total. The Hall–Kier alpha value is -2.18. The van der Waals surface area contributed by atoms with Crippen molar-refractivity contribution in [3.05, 3.63) is 57.3 Å². The molecule has 1 aromatic heterocycles. The molecule has 2 unspecified atom stereocenters. The van der Waals surface area contributed by atoms with Gasteiger partial charge in [-0.15, -0.1) is 11.3 Å². The second kappa shape index (κ2) is 10.6. The highest BCUT2D eigenvalue weighted by molar-refractivity contribution is 7.10. The summed E-state index contributed by atoms with van der Waals surface area (Å²) in [5.41, 5.74) is 3.58. The van der Waals surface area contributed by atoms with E-state index in [1.807, 2.05) is 17.0 Å². The fourth-order valence-corrected chi connectivity index (χ4v) is 5.75. The molecule has 0 N–H and O–H groups in total. The Morgan fingerprint density at radius 3 is 2.81 bits per heavy atom. The van der Waals surface area contributed by atoms with Gasteiger partial charge in [-0.05, 0) is 60.7 Å². The molecule has 2 aliphatic heterocycles. The molecule has 0 radical (unpaired) electrons. The van der Waals surface area contributed by atoms with Crippen molar-refractivity contribution in [2.75, 3.05) is 26.2 Å². The zero-order valence-corrected chi connectivity index (χ0v) is 20.0. The molecule has 2 amide bonds. The number of hydrogen-bond acceptors (Lipinski definition) is 4. The van der Waals surface area contributed by atoms with Crippen LogP contribution >= 0.6 is 11.3 Å². The van der Waals surface area contributed by atoms with E-state index in [4.69, 9.17) is 4.74 Å². The SMILES string of the molecule is CCCCC(=O)N(CC(=O)N1CCc2sccc2C1c1ccccc1C)CC1CCCO1. The summed E-state index contributed by atoms with van der Waals surface area (Å²) in [5, 5.41) is 2.13. The van der Waals surface area contributed by atoms with Gasteiger partial charge in [-0.3, -0.25) is 9.59 Å². The molecular formula is C26H34N2O3S. The van der Waals surface area contributed by atoms with Gasteiger partial charge in [-0.1, -0.05) is 37.6 Å². The normalized spacial score (nSPS) is 20.2. The fraction of sp³-hybridized carbons (Fsp3) is 0.538. The molecule has 2 atom stereocenters. The zero-order valence-electron chi connectivity index (χ0n) is 19.2. The molecule has 3 heterocycles. The Kier molecular flexibility index (Phi) is 7.63. The van der Waals surface area contributed by atoms with Crippen LogP contribution in [0.4, 0.5) is 0 Å². The van der Waals surface area contributed by atoms with E-state index >= 15 is 0 Å². The second-order valence-electron chi connectivity index (χ2n) is 8.91. The lowest BCUT2D eigenvalue weighted by Gasteiger charge is -2.38. The summed E-state index contributed by atoms with van der Waals surface area (Å²) >= 11 is 1.77. The molecule has 1 aromatic carbocycles. The lowest BCUT2D eigenvalue weighted by atomic mass is 9.90. The Morgan fingerprint density at radius 1 is 1.22 bits per heavy atom. The molecule has 6 heteroatoms. The van der Waals surface area contributed by atoms with Crippen LogP contribution in [-0.4, -0.2) is 54.0 Å². The van der Waals surface area contributed by atoms with Gasteiger partial charge in [0.1, 0.15) is 0 Å². The topological polar surface area (TPSA) is 49.9 Å². The van der Waals surface area contributed by atoms with Gasteiger partial charge in [0, 0.05) is 31.0 Å². The Labute approximate surface area is 195 Å². The van der Waals surface area contributed by atoms with Crippen molar-refractivity contribution in [1.82, 2.24) is 9.80 Å². The van der Waals surface area contributed by atoms with Crippen LogP contribution in [0, 0.1) is 6.92 Å². The second-order valence-corrected chi connectivity index (χ2v) is 9.91. The first kappa shape index (κ1) is 23.0. The van der Waals surface area contributed by atoms with Crippen molar-refractivity contribution in [1.29, 1.82) is 0 Å². The maximum Gasteiger partial charge on any atom is 0.242 e. The minimum Gasteiger partial charge on any atom is -0.376 e. The summed E-state index contributed by atoms with van der Waals surface area (Å²) in [6.45, 7) is 6.27. The highest BCUT2D eigenvalue weighted by atomic mass is 32.1. The van der Waals surface area contributed by atoms with E-state index in [-0.39, 0.29) is 30.5 Å². The number of aryl methyl sites for hydroxylation is 1. The minimum absolute atomic E-state index is 0.0259. The summed E-state index contributed by atoms with van der Waals surface area (Å²) in [7, 11) is 0. The summed E-state index contributed by atoms with van der Waals surface area (Å²) in [5.74, 6) is 0.0920. The summed E-state index contributed by atoms with van der Waals surface area (Å²) in [6.07, 6.45) is 5.21. The summed E-state index contributed by atoms with van der Waals surface area (Å²) < 4.78 is 5.79. The third-order valence-electron chi connectivity index (χ3n) is 6.64. The number of hydrogen-bond donors (Lipinski definition) is 0. The average molecular weight is 455 g/mol. The highest BCUT2D eigenvalue weighted by Gasteiger charge is 2.35. The van der Waals surface area contributed by atoms with E-state index in [1.54, 1.807) is 16.2 Å². The van der Waals surface area contributed by atoms with Crippen molar-refractivity contribution < 1.29 is 14.3 Å². The third-order valence-corrected chi connectivity index (χ3v) is 7.64. The average Bonchev–Trinajstić information content (AvgIpc) is 3.48. The Bertz CT molecular complexity index is 935. The number of carbonyl (C=O) groups excluding carboxylic acids is 2. The summed E-state index contributed by atoms with van der Waals surface area (Å²) in [6, 6.07) is 10.4. The van der Waals surface area contributed by atoms with Crippen LogP contribution < -0.4 is 0 Å². The van der Waals surface area contributed by atoms with Gasteiger partial charge in [-0.25, -0.2) is 0 Å². The van der Waals surface area contributed by atoms with Crippen LogP contribution in [0.3, 0.4) is 0 Å². The molecule has 0 saturated carbocycles. The van der Waals surface area contributed by atoms with Crippen LogP contribution in [0.5, 0.6) is 0 Å². The predicted octanol–water partition coefficient (Wildman–Crippen LogP) is 4.73. The molecule has 32 heavy (non-hydrogen) atoms. The number of carbonyl (C=O) groups is 2. The van der Waals surface area contributed by atoms with Gasteiger partial charge in [0.05, 0.1) is 18.7 Å². The number of rotatable bonds is 8. The van der Waals surface area contributed by atoms with Gasteiger partial charge >= 0.3 is 0 Å². The van der Waals surface area contributed by atoms with Crippen LogP contribution in [0.2, 0.25) is 0 Å². The maximum absolute atomic E-state index is 13.7. The van der Waals surface area contributed by atoms with Gasteiger partial charge in [0.25, 0.3) is 0 Å². The largest absolute Gasteiger partial charge is 0.376 e. The monoisotopic (exact) mass is 454 g/mol. The van der Waals surface area contributed by atoms with E-state index in [0.29, 0.717) is 19.5 Å². The van der Waals surface area contributed by atoms with Crippen molar-refractivity contribution in [2.45, 2.75) is 64.5 Å². The fourth-order valence-electron chi connectivity index (χ4n) is 4.84. The van der Waals surface area contributed by atoms with E-state index < -0.39 is 0 Å². The smallest absolute Gasteiger partial charge is 0.242 e. The van der Waals surface area contributed by atoms with Crippen LogP contribution in [-0.2, 0) is 20.7 Å². The first-order valence-electron chi connectivity index (χ1n) is 11.9. The van der Waals surface area contributed by atoms with E-state index in [0.717, 1.165) is 38.7 Å². The number of unbranched alkanes of at least 4 members (excludes halogenated alkanes) is 1. The molecule has 0 aliphatic carbocycles. The molecule has 4 rings (SSSR count). The number of thiophene rings is 1. The van der Waals surface area contributed by atoms with Gasteiger partial charge < -0.3 is 14.5 Å². The molecule has 172 valence electrons. The molecule has 2 aliphatic rings. The Morgan fingerprint density at radius 2 is 2.06 bits per heavy atom. The van der Waals surface area contributed by atoms with E-state index in [9.17, 15) is 9.59 Å². The van der Waals surface area contributed by atoms with Crippen molar-refractivity contribution in [2.24, 2.45) is 0 Å². The summed E-state index contributed by atoms with van der Waals surface area (Å²) in [4.78, 5) is 31.8. The zero-order chi connectivity index (χ0) is 22.5. The minimum atomic E-state index is -0.0889. The van der Waals surface area contributed by atoms with Crippen molar-refractivity contribution >= 4 is 23.2 Å². The number of ether oxygens (including phenoxy) is 1. The predicted molar refractivity (Wildman–Crippen MR) is 128 cm³/mol. The van der Waals surface area contributed by atoms with Gasteiger partial charge in [0.2, 0.25) is 11.8 Å². The van der Waals surface area contributed by atoms with E-state index in [1.165, 1.54) is 21.6 Å². The molecule has 1 saturated heterocycles. The van der Waals surface area contributed by atoms with Gasteiger partial charge in [-0.2, -0.15) is 0 Å². The lowest BCUT2D eigenvalue weighted by Crippen LogP contribution is -2.48. The number of nitrogens with zero attached hydrogens (tertiary/aromatic N) is 2. The van der Waals surface area contributed by atoms with Crippen LogP contribution in [0.15, 0.2) is 35.7 Å². The molecule has 2 aromatic rings. The number of benzene rings is 1. The molecule has 0 spiro atoms. The molecular weight excluding hydrogens is 420 g/mol. The Balaban J connectivity index is 1.57.